The third-order valence-corrected chi connectivity index (χ3v) is 9.29. The first kappa shape index (κ1) is 35.8. The van der Waals surface area contributed by atoms with Gasteiger partial charge < -0.3 is 25.2 Å². The summed E-state index contributed by atoms with van der Waals surface area (Å²) < 4.78 is 13.1. The fourth-order valence-electron chi connectivity index (χ4n) is 5.57. The van der Waals surface area contributed by atoms with E-state index < -0.39 is 12.2 Å². The number of carbonyl (C=O) groups is 3. The lowest BCUT2D eigenvalue weighted by molar-refractivity contribution is -0.245. The van der Waals surface area contributed by atoms with Crippen LogP contribution in [0.15, 0.2) is 102 Å². The molecule has 0 radical (unpaired) electrons. The van der Waals surface area contributed by atoms with Crippen LogP contribution in [0.5, 0.6) is 0 Å². The average molecular weight is 684 g/mol. The van der Waals surface area contributed by atoms with Gasteiger partial charge in [0.2, 0.25) is 17.7 Å². The van der Waals surface area contributed by atoms with Crippen molar-refractivity contribution in [3.8, 4) is 11.1 Å². The second-order valence-corrected chi connectivity index (χ2v) is 12.9. The van der Waals surface area contributed by atoms with E-state index in [1.807, 2.05) is 97.1 Å². The number of amides is 3. The molecule has 0 spiro atoms. The number of hydrogen-bond donors (Lipinski definition) is 5. The molecule has 0 aliphatic carbocycles. The number of nitrogens with one attached hydrogen (secondary N) is 3. The van der Waals surface area contributed by atoms with Crippen molar-refractivity contribution in [2.24, 2.45) is 0 Å². The molecule has 1 saturated heterocycles. The summed E-state index contributed by atoms with van der Waals surface area (Å²) in [5.41, 5.74) is 7.99. The van der Waals surface area contributed by atoms with Crippen LogP contribution in [0.4, 0.5) is 5.69 Å². The second kappa shape index (κ2) is 17.8. The third-order valence-electron chi connectivity index (χ3n) is 8.15. The standard InChI is InChI=1S/C38H41N3O7S/c1-25(43)40-31-17-19-33(20-18-31)49-24-32-21-35(28-11-9-26(23-42)10-12-28)48-38(47-32)29-15-13-27(14-16-29)34-6-3-2-5-30(34)22-39-36(44)7-4-8-37(45)41-46/h2-3,5-6,9-20,32,35,38,42,46H,4,7-8,21-24H2,1H3,(H,39,44)(H,40,43)(H,41,45). The third kappa shape index (κ3) is 10.5. The van der Waals surface area contributed by atoms with Gasteiger partial charge in [-0.2, -0.15) is 0 Å². The van der Waals surface area contributed by atoms with E-state index in [9.17, 15) is 19.5 Å². The maximum Gasteiger partial charge on any atom is 0.243 e. The van der Waals surface area contributed by atoms with Crippen LogP contribution >= 0.6 is 11.8 Å². The highest BCUT2D eigenvalue weighted by molar-refractivity contribution is 7.99. The topological polar surface area (TPSA) is 146 Å². The van der Waals surface area contributed by atoms with Crippen molar-refractivity contribution in [1.82, 2.24) is 10.8 Å². The summed E-state index contributed by atoms with van der Waals surface area (Å²) in [6, 6.07) is 31.5. The first-order valence-corrected chi connectivity index (χ1v) is 17.2. The highest BCUT2D eigenvalue weighted by atomic mass is 32.2. The summed E-state index contributed by atoms with van der Waals surface area (Å²) in [7, 11) is 0. The van der Waals surface area contributed by atoms with Gasteiger partial charge in [0.1, 0.15) is 0 Å². The summed E-state index contributed by atoms with van der Waals surface area (Å²) in [4.78, 5) is 36.0. The van der Waals surface area contributed by atoms with Gasteiger partial charge in [-0.1, -0.05) is 72.8 Å². The van der Waals surface area contributed by atoms with Gasteiger partial charge in [-0.15, -0.1) is 11.8 Å². The maximum absolute atomic E-state index is 12.4. The lowest BCUT2D eigenvalue weighted by atomic mass is 9.97. The highest BCUT2D eigenvalue weighted by Gasteiger charge is 2.32. The monoisotopic (exact) mass is 683 g/mol. The molecule has 3 atom stereocenters. The van der Waals surface area contributed by atoms with E-state index >= 15 is 0 Å². The Bertz CT molecular complexity index is 1700. The van der Waals surface area contributed by atoms with Crippen molar-refractivity contribution in [1.29, 1.82) is 0 Å². The van der Waals surface area contributed by atoms with Crippen molar-refractivity contribution < 1.29 is 34.2 Å². The van der Waals surface area contributed by atoms with Crippen molar-refractivity contribution >= 4 is 35.2 Å². The van der Waals surface area contributed by atoms with Crippen LogP contribution in [-0.4, -0.2) is 39.9 Å². The summed E-state index contributed by atoms with van der Waals surface area (Å²) >= 11 is 1.69. The van der Waals surface area contributed by atoms with E-state index in [-0.39, 0.29) is 43.5 Å². The number of rotatable bonds is 14. The summed E-state index contributed by atoms with van der Waals surface area (Å²) in [6.07, 6.45) is 0.353. The van der Waals surface area contributed by atoms with Gasteiger partial charge in [0.05, 0.1) is 18.8 Å². The van der Waals surface area contributed by atoms with Crippen molar-refractivity contribution in [3.05, 3.63) is 119 Å². The molecule has 4 aromatic carbocycles. The number of carbonyl (C=O) groups excluding carboxylic acids is 3. The number of aliphatic hydroxyl groups excluding tert-OH is 1. The minimum Gasteiger partial charge on any atom is -0.392 e. The van der Waals surface area contributed by atoms with Crippen LogP contribution < -0.4 is 16.1 Å². The Labute approximate surface area is 290 Å². The number of aliphatic hydroxyl groups is 1. The van der Waals surface area contributed by atoms with Gasteiger partial charge in [0.25, 0.3) is 0 Å². The zero-order chi connectivity index (χ0) is 34.6. The molecule has 10 nitrogen and oxygen atoms in total. The van der Waals surface area contributed by atoms with Gasteiger partial charge in [-0.05, 0) is 58.5 Å². The van der Waals surface area contributed by atoms with Gasteiger partial charge in [-0.3, -0.25) is 19.6 Å². The number of hydroxylamine groups is 1. The van der Waals surface area contributed by atoms with Crippen LogP contribution in [0.1, 0.15) is 67.3 Å². The van der Waals surface area contributed by atoms with E-state index in [4.69, 9.17) is 14.7 Å². The molecule has 1 aliphatic rings. The molecule has 1 fully saturated rings. The SMILES string of the molecule is CC(=O)Nc1ccc(SCC2CC(c3ccc(CO)cc3)OC(c3ccc(-c4ccccc4CNC(=O)CCCC(=O)NO)cc3)O2)cc1. The Morgan fingerprint density at radius 2 is 1.53 bits per heavy atom. The number of ether oxygens (including phenoxy) is 2. The molecular formula is C38H41N3O7S. The predicted octanol–water partition coefficient (Wildman–Crippen LogP) is 6.43. The summed E-state index contributed by atoms with van der Waals surface area (Å²) in [6.45, 7) is 1.80. The molecule has 0 aromatic heterocycles. The molecule has 5 N–H and O–H groups in total. The number of benzene rings is 4. The zero-order valence-corrected chi connectivity index (χ0v) is 28.1. The Kier molecular flexibility index (Phi) is 13.0. The lowest BCUT2D eigenvalue weighted by Gasteiger charge is -2.36. The second-order valence-electron chi connectivity index (χ2n) is 11.8. The molecule has 11 heteroatoms. The average Bonchev–Trinajstić information content (AvgIpc) is 3.13. The first-order chi connectivity index (χ1) is 23.8. The fourth-order valence-corrected chi connectivity index (χ4v) is 6.49. The summed E-state index contributed by atoms with van der Waals surface area (Å²) in [5.74, 6) is -0.0886. The van der Waals surface area contributed by atoms with Crippen LogP contribution in [0.25, 0.3) is 11.1 Å². The van der Waals surface area contributed by atoms with E-state index in [0.29, 0.717) is 25.1 Å². The van der Waals surface area contributed by atoms with E-state index in [1.54, 1.807) is 17.2 Å². The Morgan fingerprint density at radius 3 is 2.22 bits per heavy atom. The first-order valence-electron chi connectivity index (χ1n) is 16.2. The van der Waals surface area contributed by atoms with Crippen LogP contribution in [0, 0.1) is 0 Å². The zero-order valence-electron chi connectivity index (χ0n) is 27.3. The van der Waals surface area contributed by atoms with Gasteiger partial charge >= 0.3 is 0 Å². The molecular weight excluding hydrogens is 642 g/mol. The number of thioether (sulfide) groups is 1. The Balaban J connectivity index is 1.27. The smallest absolute Gasteiger partial charge is 0.243 e. The Morgan fingerprint density at radius 1 is 0.837 bits per heavy atom. The lowest BCUT2D eigenvalue weighted by Crippen LogP contribution is -2.31. The highest BCUT2D eigenvalue weighted by Crippen LogP contribution is 2.40. The molecule has 1 aliphatic heterocycles. The minimum absolute atomic E-state index is 0.0229. The Hall–Kier alpha value is -4.52. The van der Waals surface area contributed by atoms with Crippen molar-refractivity contribution in [2.75, 3.05) is 11.1 Å². The minimum atomic E-state index is -0.597. The molecule has 49 heavy (non-hydrogen) atoms. The fraction of sp³-hybridized carbons (Fsp3) is 0.289. The van der Waals surface area contributed by atoms with Crippen LogP contribution in [0.2, 0.25) is 0 Å². The van der Waals surface area contributed by atoms with Crippen molar-refractivity contribution in [3.63, 3.8) is 0 Å². The molecule has 0 saturated carbocycles. The van der Waals surface area contributed by atoms with E-state index in [0.717, 1.165) is 44.0 Å². The predicted molar refractivity (Wildman–Crippen MR) is 187 cm³/mol. The molecule has 3 unspecified atom stereocenters. The molecule has 1 heterocycles. The van der Waals surface area contributed by atoms with E-state index in [2.05, 4.69) is 10.6 Å². The molecule has 256 valence electrons. The molecule has 0 bridgehead atoms. The quantitative estimate of drug-likeness (QED) is 0.0581. The number of anilines is 1. The number of hydrogen-bond acceptors (Lipinski definition) is 8. The normalized spacial score (nSPS) is 17.2. The van der Waals surface area contributed by atoms with Gasteiger partial charge in [0.15, 0.2) is 6.29 Å². The van der Waals surface area contributed by atoms with E-state index in [1.165, 1.54) is 6.92 Å². The molecule has 5 rings (SSSR count). The largest absolute Gasteiger partial charge is 0.392 e. The van der Waals surface area contributed by atoms with Gasteiger partial charge in [0, 0.05) is 54.6 Å². The maximum atomic E-state index is 12.4. The summed E-state index contributed by atoms with van der Waals surface area (Å²) in [5, 5.41) is 23.9. The molecule has 4 aromatic rings. The molecule has 3 amide bonds. The van der Waals surface area contributed by atoms with Crippen molar-refractivity contribution in [2.45, 2.75) is 69.2 Å². The van der Waals surface area contributed by atoms with Crippen LogP contribution in [0.3, 0.4) is 0 Å². The van der Waals surface area contributed by atoms with Gasteiger partial charge in [-0.25, -0.2) is 5.48 Å². The van der Waals surface area contributed by atoms with Crippen LogP contribution in [-0.2, 0) is 37.0 Å².